The third kappa shape index (κ3) is 6.74. The highest BCUT2D eigenvalue weighted by Gasteiger charge is 2.24. The van der Waals surface area contributed by atoms with E-state index < -0.39 is 0 Å². The van der Waals surface area contributed by atoms with Gasteiger partial charge < -0.3 is 15.1 Å². The molecule has 2 aliphatic heterocycles. The van der Waals surface area contributed by atoms with Gasteiger partial charge in [-0.3, -0.25) is 14.5 Å². The van der Waals surface area contributed by atoms with Crippen LogP contribution in [0.15, 0.2) is 18.2 Å². The predicted molar refractivity (Wildman–Crippen MR) is 116 cm³/mol. The fourth-order valence-corrected chi connectivity index (χ4v) is 3.34. The fourth-order valence-electron chi connectivity index (χ4n) is 3.34. The van der Waals surface area contributed by atoms with Crippen molar-refractivity contribution < 1.29 is 14.0 Å². The third-order valence-electron chi connectivity index (χ3n) is 4.90. The molecule has 2 aliphatic rings. The Hall–Kier alpha value is -1.12. The summed E-state index contributed by atoms with van der Waals surface area (Å²) in [6.45, 7) is 7.94. The molecule has 0 spiro atoms. The van der Waals surface area contributed by atoms with Crippen molar-refractivity contribution in [2.24, 2.45) is 0 Å². The Morgan fingerprint density at radius 3 is 2.14 bits per heavy atom. The average Bonchev–Trinajstić information content (AvgIpc) is 2.62. The van der Waals surface area contributed by atoms with Crippen LogP contribution in [0.5, 0.6) is 0 Å². The van der Waals surface area contributed by atoms with Gasteiger partial charge in [-0.2, -0.15) is 0 Å². The number of anilines is 1. The summed E-state index contributed by atoms with van der Waals surface area (Å²) < 4.78 is 14.3. The lowest BCUT2D eigenvalue weighted by atomic mass is 10.1. The van der Waals surface area contributed by atoms with E-state index in [2.05, 4.69) is 10.2 Å². The topological polar surface area (TPSA) is 55.9 Å². The first-order chi connectivity index (χ1) is 12.0. The van der Waals surface area contributed by atoms with Gasteiger partial charge in [0, 0.05) is 57.9 Å². The van der Waals surface area contributed by atoms with Crippen molar-refractivity contribution in [1.82, 2.24) is 15.1 Å². The normalized spacial score (nSPS) is 17.1. The number of carbonyl (C=O) groups is 2. The van der Waals surface area contributed by atoms with Crippen LogP contribution in [-0.4, -0.2) is 80.4 Å². The Morgan fingerprint density at radius 2 is 1.61 bits per heavy atom. The summed E-state index contributed by atoms with van der Waals surface area (Å²) in [6.07, 6.45) is 0. The SMILES string of the molecule is CC(=O)c1ccc(N2CCN(C(=O)CN3CCNCC3)CC2)c(F)c1.Cl.Cl.Cl. The van der Waals surface area contributed by atoms with Gasteiger partial charge in [0.25, 0.3) is 0 Å². The number of halogens is 4. The molecule has 0 saturated carbocycles. The Morgan fingerprint density at radius 1 is 1.00 bits per heavy atom. The maximum absolute atomic E-state index is 14.3. The number of amides is 1. The summed E-state index contributed by atoms with van der Waals surface area (Å²) in [6, 6.07) is 4.60. The van der Waals surface area contributed by atoms with Gasteiger partial charge in [-0.15, -0.1) is 37.2 Å². The van der Waals surface area contributed by atoms with Crippen LogP contribution in [0, 0.1) is 5.82 Å². The fraction of sp³-hybridized carbons (Fsp3) is 0.556. The van der Waals surface area contributed by atoms with E-state index >= 15 is 0 Å². The number of benzene rings is 1. The molecular formula is C18H28Cl3FN4O2. The predicted octanol–water partition coefficient (Wildman–Crippen LogP) is 1.85. The third-order valence-corrected chi connectivity index (χ3v) is 4.90. The molecule has 2 saturated heterocycles. The minimum atomic E-state index is -0.381. The molecule has 1 aromatic carbocycles. The van der Waals surface area contributed by atoms with E-state index in [0.717, 1.165) is 26.2 Å². The number of Topliss-reactive ketones (excluding diaryl/α,β-unsaturated/α-hetero) is 1. The molecule has 28 heavy (non-hydrogen) atoms. The minimum Gasteiger partial charge on any atom is -0.366 e. The second-order valence-corrected chi connectivity index (χ2v) is 6.62. The molecule has 0 aromatic heterocycles. The van der Waals surface area contributed by atoms with Crippen molar-refractivity contribution in [3.05, 3.63) is 29.6 Å². The Kier molecular flexibility index (Phi) is 11.9. The Balaban J connectivity index is 0.00000243. The quantitative estimate of drug-likeness (QED) is 0.699. The van der Waals surface area contributed by atoms with E-state index in [1.807, 2.05) is 9.80 Å². The van der Waals surface area contributed by atoms with Crippen LogP contribution in [0.1, 0.15) is 17.3 Å². The molecule has 2 heterocycles. The lowest BCUT2D eigenvalue weighted by Gasteiger charge is -2.37. The van der Waals surface area contributed by atoms with Crippen LogP contribution in [0.25, 0.3) is 0 Å². The highest BCUT2D eigenvalue weighted by atomic mass is 35.5. The zero-order chi connectivity index (χ0) is 17.8. The molecule has 0 bridgehead atoms. The van der Waals surface area contributed by atoms with Crippen molar-refractivity contribution in [1.29, 1.82) is 0 Å². The number of hydrogen-bond acceptors (Lipinski definition) is 5. The smallest absolute Gasteiger partial charge is 0.236 e. The number of rotatable bonds is 4. The zero-order valence-corrected chi connectivity index (χ0v) is 18.3. The van der Waals surface area contributed by atoms with Crippen LogP contribution in [0.2, 0.25) is 0 Å². The van der Waals surface area contributed by atoms with Crippen LogP contribution in [-0.2, 0) is 4.79 Å². The molecule has 1 N–H and O–H groups in total. The summed E-state index contributed by atoms with van der Waals surface area (Å²) in [5.74, 6) is -0.379. The molecule has 2 fully saturated rings. The molecule has 0 aliphatic carbocycles. The van der Waals surface area contributed by atoms with Crippen LogP contribution in [0.4, 0.5) is 10.1 Å². The van der Waals surface area contributed by atoms with Gasteiger partial charge in [-0.1, -0.05) is 0 Å². The monoisotopic (exact) mass is 456 g/mol. The summed E-state index contributed by atoms with van der Waals surface area (Å²) in [5, 5.41) is 3.28. The second kappa shape index (κ2) is 12.4. The van der Waals surface area contributed by atoms with Gasteiger partial charge in [0.2, 0.25) is 5.91 Å². The Labute approximate surface area is 184 Å². The van der Waals surface area contributed by atoms with Gasteiger partial charge >= 0.3 is 0 Å². The van der Waals surface area contributed by atoms with E-state index in [0.29, 0.717) is 44.0 Å². The number of hydrogen-bond donors (Lipinski definition) is 1. The maximum atomic E-state index is 14.3. The van der Waals surface area contributed by atoms with Crippen LogP contribution in [0.3, 0.4) is 0 Å². The van der Waals surface area contributed by atoms with Gasteiger partial charge in [-0.05, 0) is 25.1 Å². The molecule has 3 rings (SSSR count). The van der Waals surface area contributed by atoms with Crippen molar-refractivity contribution in [3.63, 3.8) is 0 Å². The summed E-state index contributed by atoms with van der Waals surface area (Å²) >= 11 is 0. The van der Waals surface area contributed by atoms with Crippen molar-refractivity contribution in [2.45, 2.75) is 6.92 Å². The Bertz CT molecular complexity index is 652. The van der Waals surface area contributed by atoms with E-state index in [4.69, 9.17) is 0 Å². The van der Waals surface area contributed by atoms with Crippen molar-refractivity contribution >= 4 is 54.6 Å². The van der Waals surface area contributed by atoms with Gasteiger partial charge in [-0.25, -0.2) is 4.39 Å². The van der Waals surface area contributed by atoms with E-state index in [9.17, 15) is 14.0 Å². The van der Waals surface area contributed by atoms with Gasteiger partial charge in [0.05, 0.1) is 12.2 Å². The highest BCUT2D eigenvalue weighted by Crippen LogP contribution is 2.22. The van der Waals surface area contributed by atoms with Crippen molar-refractivity contribution in [3.8, 4) is 0 Å². The zero-order valence-electron chi connectivity index (χ0n) is 15.9. The first-order valence-electron chi connectivity index (χ1n) is 8.81. The van der Waals surface area contributed by atoms with Gasteiger partial charge in [0.15, 0.2) is 5.78 Å². The molecule has 0 unspecified atom stereocenters. The summed E-state index contributed by atoms with van der Waals surface area (Å²) in [7, 11) is 0. The molecule has 160 valence electrons. The molecule has 1 aromatic rings. The maximum Gasteiger partial charge on any atom is 0.236 e. The molecule has 1 amide bonds. The van der Waals surface area contributed by atoms with Crippen molar-refractivity contribution in [2.75, 3.05) is 63.8 Å². The van der Waals surface area contributed by atoms with Crippen LogP contribution < -0.4 is 10.2 Å². The summed E-state index contributed by atoms with van der Waals surface area (Å²) in [5.41, 5.74) is 0.880. The molecular weight excluding hydrogens is 430 g/mol. The first kappa shape index (κ1) is 26.9. The number of nitrogens with one attached hydrogen (secondary N) is 1. The number of carbonyl (C=O) groups excluding carboxylic acids is 2. The molecule has 10 heteroatoms. The molecule has 0 atom stereocenters. The number of piperazine rings is 2. The summed E-state index contributed by atoms with van der Waals surface area (Å²) in [4.78, 5) is 29.7. The van der Waals surface area contributed by atoms with Gasteiger partial charge in [0.1, 0.15) is 5.82 Å². The average molecular weight is 458 g/mol. The minimum absolute atomic E-state index is 0. The lowest BCUT2D eigenvalue weighted by molar-refractivity contribution is -0.132. The molecule has 6 nitrogen and oxygen atoms in total. The number of ketones is 1. The van der Waals surface area contributed by atoms with E-state index in [-0.39, 0.29) is 54.7 Å². The first-order valence-corrected chi connectivity index (χ1v) is 8.81. The van der Waals surface area contributed by atoms with E-state index in [1.165, 1.54) is 13.0 Å². The van der Waals surface area contributed by atoms with Crippen LogP contribution >= 0.6 is 37.2 Å². The standard InChI is InChI=1S/C18H25FN4O2.3ClH/c1-14(24)15-2-3-17(16(19)12-15)22-8-10-23(11-9-22)18(25)13-21-6-4-20-5-7-21;;;/h2-3,12,20H,4-11,13H2,1H3;3*1H. The molecule has 0 radical (unpaired) electrons. The highest BCUT2D eigenvalue weighted by molar-refractivity contribution is 5.94. The second-order valence-electron chi connectivity index (χ2n) is 6.62. The largest absolute Gasteiger partial charge is 0.366 e. The van der Waals surface area contributed by atoms with E-state index in [1.54, 1.807) is 12.1 Å². The number of nitrogens with zero attached hydrogens (tertiary/aromatic N) is 3. The lowest BCUT2D eigenvalue weighted by Crippen LogP contribution is -2.53.